The van der Waals surface area contributed by atoms with E-state index in [9.17, 15) is 4.79 Å². The van der Waals surface area contributed by atoms with Gasteiger partial charge < -0.3 is 10.3 Å². The molecule has 2 N–H and O–H groups in total. The largest absolute Gasteiger partial charge is 0.351 e. The molecular weight excluding hydrogens is 360 g/mol. The fourth-order valence-corrected chi connectivity index (χ4v) is 4.69. The van der Waals surface area contributed by atoms with Gasteiger partial charge >= 0.3 is 0 Å². The first kappa shape index (κ1) is 17.9. The molecule has 0 spiro atoms. The van der Waals surface area contributed by atoms with Gasteiger partial charge in [-0.1, -0.05) is 0 Å². The van der Waals surface area contributed by atoms with Gasteiger partial charge in [0.05, 0.1) is 17.4 Å². The summed E-state index contributed by atoms with van der Waals surface area (Å²) in [4.78, 5) is 24.0. The van der Waals surface area contributed by atoms with E-state index in [-0.39, 0.29) is 5.91 Å². The third-order valence-electron chi connectivity index (χ3n) is 4.92. The van der Waals surface area contributed by atoms with Crippen LogP contribution in [0.5, 0.6) is 0 Å². The Morgan fingerprint density at radius 2 is 2.33 bits per heavy atom. The van der Waals surface area contributed by atoms with E-state index in [1.807, 2.05) is 24.0 Å². The number of rotatable bonds is 7. The number of likely N-dealkylation sites (tertiary alicyclic amines) is 1. The van der Waals surface area contributed by atoms with Crippen molar-refractivity contribution in [3.63, 3.8) is 0 Å². The quantitative estimate of drug-likeness (QED) is 0.656. The van der Waals surface area contributed by atoms with Crippen LogP contribution in [0.4, 0.5) is 0 Å². The second-order valence-corrected chi connectivity index (χ2v) is 8.05. The van der Waals surface area contributed by atoms with Crippen LogP contribution in [0.25, 0.3) is 0 Å². The number of aromatic nitrogens is 4. The molecule has 1 amide bonds. The number of thiophene rings is 1. The molecule has 0 saturated carbocycles. The smallest absolute Gasteiger partial charge is 0.261 e. The zero-order valence-electron chi connectivity index (χ0n) is 15.4. The minimum Gasteiger partial charge on any atom is -0.351 e. The number of carbonyl (C=O) groups excluding carboxylic acids is 1. The molecule has 142 valence electrons. The van der Waals surface area contributed by atoms with Crippen molar-refractivity contribution >= 4 is 17.2 Å². The Bertz CT molecular complexity index is 884. The fraction of sp³-hybridized carbons (Fsp3) is 0.421. The molecule has 0 aliphatic carbocycles. The fourth-order valence-electron chi connectivity index (χ4n) is 3.60. The van der Waals surface area contributed by atoms with Crippen LogP contribution in [0.15, 0.2) is 37.1 Å². The number of imidazole rings is 1. The summed E-state index contributed by atoms with van der Waals surface area (Å²) >= 11 is 1.61. The zero-order valence-corrected chi connectivity index (χ0v) is 16.2. The molecule has 4 rings (SSSR count). The Hall–Kier alpha value is -2.45. The number of aryl methyl sites for hydroxylation is 1. The second kappa shape index (κ2) is 8.06. The lowest BCUT2D eigenvalue weighted by Gasteiger charge is -2.22. The lowest BCUT2D eigenvalue weighted by molar-refractivity contribution is 0.0958. The summed E-state index contributed by atoms with van der Waals surface area (Å²) in [5.74, 6) is 0.00238. The van der Waals surface area contributed by atoms with Crippen LogP contribution < -0.4 is 5.32 Å². The van der Waals surface area contributed by atoms with E-state index >= 15 is 0 Å². The highest BCUT2D eigenvalue weighted by Crippen LogP contribution is 2.36. The van der Waals surface area contributed by atoms with E-state index in [2.05, 4.69) is 37.5 Å². The topological polar surface area (TPSA) is 78.8 Å². The average molecular weight is 385 g/mol. The number of hydrogen-bond donors (Lipinski definition) is 2. The number of H-pyrrole nitrogens is 1. The average Bonchev–Trinajstić information content (AvgIpc) is 3.43. The molecule has 1 saturated heterocycles. The number of amides is 1. The van der Waals surface area contributed by atoms with Crippen molar-refractivity contribution in [3.8, 4) is 0 Å². The van der Waals surface area contributed by atoms with E-state index in [1.165, 1.54) is 16.9 Å². The molecule has 1 fully saturated rings. The summed E-state index contributed by atoms with van der Waals surface area (Å²) in [5.41, 5.74) is 2.26. The van der Waals surface area contributed by atoms with E-state index < -0.39 is 0 Å². The summed E-state index contributed by atoms with van der Waals surface area (Å²) in [6.07, 6.45) is 10.5. The predicted molar refractivity (Wildman–Crippen MR) is 105 cm³/mol. The van der Waals surface area contributed by atoms with Gasteiger partial charge in [-0.15, -0.1) is 11.3 Å². The Labute approximate surface area is 162 Å². The molecule has 27 heavy (non-hydrogen) atoms. The van der Waals surface area contributed by atoms with E-state index in [1.54, 1.807) is 23.9 Å². The number of hydrogen-bond acceptors (Lipinski definition) is 5. The molecule has 1 aliphatic heterocycles. The first-order valence-electron chi connectivity index (χ1n) is 9.26. The van der Waals surface area contributed by atoms with E-state index in [4.69, 9.17) is 0 Å². The molecule has 0 radical (unpaired) electrons. The van der Waals surface area contributed by atoms with Crippen molar-refractivity contribution in [1.82, 2.24) is 30.0 Å². The molecular formula is C19H24N6OS. The van der Waals surface area contributed by atoms with Crippen molar-refractivity contribution in [1.29, 1.82) is 0 Å². The number of aromatic amines is 1. The van der Waals surface area contributed by atoms with Gasteiger partial charge in [0.2, 0.25) is 0 Å². The molecule has 1 atom stereocenters. The maximum atomic E-state index is 12.4. The van der Waals surface area contributed by atoms with Crippen LogP contribution in [-0.2, 0) is 20.0 Å². The Kier molecular flexibility index (Phi) is 5.35. The van der Waals surface area contributed by atoms with Gasteiger partial charge in [0, 0.05) is 61.1 Å². The van der Waals surface area contributed by atoms with Crippen molar-refractivity contribution in [3.05, 3.63) is 58.1 Å². The molecule has 0 aromatic carbocycles. The third-order valence-corrected chi connectivity index (χ3v) is 6.11. The zero-order chi connectivity index (χ0) is 18.6. The highest BCUT2D eigenvalue weighted by Gasteiger charge is 2.28. The van der Waals surface area contributed by atoms with Gasteiger partial charge in [-0.3, -0.25) is 14.4 Å². The van der Waals surface area contributed by atoms with Crippen LogP contribution in [0.1, 0.15) is 44.7 Å². The highest BCUT2D eigenvalue weighted by molar-refractivity contribution is 7.14. The molecule has 1 aliphatic rings. The van der Waals surface area contributed by atoms with E-state index in [0.29, 0.717) is 12.6 Å². The monoisotopic (exact) mass is 384 g/mol. The van der Waals surface area contributed by atoms with Crippen LogP contribution in [0, 0.1) is 0 Å². The first-order valence-corrected chi connectivity index (χ1v) is 10.1. The summed E-state index contributed by atoms with van der Waals surface area (Å²) in [7, 11) is 1.95. The number of nitrogens with one attached hydrogen (secondary N) is 2. The minimum atomic E-state index is 0.00238. The van der Waals surface area contributed by atoms with Gasteiger partial charge in [-0.25, -0.2) is 4.98 Å². The maximum absolute atomic E-state index is 12.4. The minimum absolute atomic E-state index is 0.00238. The predicted octanol–water partition coefficient (Wildman–Crippen LogP) is 2.51. The molecule has 8 heteroatoms. The van der Waals surface area contributed by atoms with Crippen molar-refractivity contribution in [2.24, 2.45) is 7.05 Å². The van der Waals surface area contributed by atoms with Gasteiger partial charge in [0.25, 0.3) is 5.91 Å². The van der Waals surface area contributed by atoms with Gasteiger partial charge in [0.15, 0.2) is 0 Å². The molecule has 0 unspecified atom stereocenters. The third kappa shape index (κ3) is 4.28. The second-order valence-electron chi connectivity index (χ2n) is 6.94. The normalized spacial score (nSPS) is 17.4. The summed E-state index contributed by atoms with van der Waals surface area (Å²) < 4.78 is 1.84. The van der Waals surface area contributed by atoms with Crippen LogP contribution in [0.2, 0.25) is 0 Å². The Morgan fingerprint density at radius 3 is 3.11 bits per heavy atom. The van der Waals surface area contributed by atoms with Crippen LogP contribution in [-0.4, -0.2) is 43.6 Å². The standard InChI is InChI=1S/C19H24N6OS/c1-24-11-14(9-23-24)12-25-8-2-3-16(25)17-4-5-18(27-17)19(26)21-7-6-15-10-20-13-22-15/h4-5,9-11,13,16H,2-3,6-8,12H2,1H3,(H,20,22)(H,21,26)/t16-/m1/s1. The van der Waals surface area contributed by atoms with Crippen LogP contribution in [0.3, 0.4) is 0 Å². The highest BCUT2D eigenvalue weighted by atomic mass is 32.1. The molecule has 4 heterocycles. The van der Waals surface area contributed by atoms with E-state index in [0.717, 1.165) is 36.5 Å². The van der Waals surface area contributed by atoms with Crippen molar-refractivity contribution < 1.29 is 4.79 Å². The van der Waals surface area contributed by atoms with Gasteiger partial charge in [-0.05, 0) is 31.5 Å². The molecule has 3 aromatic rings. The molecule has 3 aromatic heterocycles. The summed E-state index contributed by atoms with van der Waals surface area (Å²) in [6.45, 7) is 2.59. The molecule has 7 nitrogen and oxygen atoms in total. The lowest BCUT2D eigenvalue weighted by atomic mass is 10.2. The Morgan fingerprint density at radius 1 is 1.41 bits per heavy atom. The number of nitrogens with zero attached hydrogens (tertiary/aromatic N) is 4. The number of carbonyl (C=O) groups is 1. The first-order chi connectivity index (χ1) is 13.2. The SMILES string of the molecule is Cn1cc(CN2CCC[C@@H]2c2ccc(C(=O)NCCc3cnc[nH]3)s2)cn1. The summed E-state index contributed by atoms with van der Waals surface area (Å²) in [6, 6.07) is 4.45. The van der Waals surface area contributed by atoms with Gasteiger partial charge in [0.1, 0.15) is 0 Å². The van der Waals surface area contributed by atoms with Crippen molar-refractivity contribution in [2.45, 2.75) is 31.8 Å². The Balaban J connectivity index is 1.35. The van der Waals surface area contributed by atoms with Gasteiger partial charge in [-0.2, -0.15) is 5.10 Å². The van der Waals surface area contributed by atoms with Crippen molar-refractivity contribution in [2.75, 3.05) is 13.1 Å². The van der Waals surface area contributed by atoms with Crippen LogP contribution >= 0.6 is 11.3 Å². The summed E-state index contributed by atoms with van der Waals surface area (Å²) in [5, 5.41) is 7.26. The molecule has 0 bridgehead atoms. The maximum Gasteiger partial charge on any atom is 0.261 e. The lowest BCUT2D eigenvalue weighted by Crippen LogP contribution is -2.25.